The van der Waals surface area contributed by atoms with E-state index < -0.39 is 104 Å². The van der Waals surface area contributed by atoms with Gasteiger partial charge in [0.05, 0.1) is 31.0 Å². The summed E-state index contributed by atoms with van der Waals surface area (Å²) < 4.78 is 35.7. The minimum atomic E-state index is -1.47. The van der Waals surface area contributed by atoms with Crippen LogP contribution < -0.4 is 28.7 Å². The molecule has 15 N–H and O–H groups in total. The molecule has 1 unspecified atom stereocenters. The molecule has 16 heteroatoms. The van der Waals surface area contributed by atoms with Gasteiger partial charge in [0.1, 0.15) is 42.7 Å². The Morgan fingerprint density at radius 3 is 2.00 bits per heavy atom. The van der Waals surface area contributed by atoms with Crippen molar-refractivity contribution in [2.24, 2.45) is 34.6 Å². The summed E-state index contributed by atoms with van der Waals surface area (Å²) in [4.78, 5) is 0. The number of ether oxygens (including phenoxy) is 6. The molecule has 0 bridgehead atoms. The summed E-state index contributed by atoms with van der Waals surface area (Å²) in [7, 11) is 0. The van der Waals surface area contributed by atoms with Crippen LogP contribution in [0.4, 0.5) is 0 Å². The molecule has 0 amide bonds. The molecule has 3 saturated heterocycles. The highest BCUT2D eigenvalue weighted by molar-refractivity contribution is 5.01. The van der Waals surface area contributed by atoms with Crippen LogP contribution in [-0.2, 0) is 28.4 Å². The molecule has 41 heavy (non-hydrogen) atoms. The van der Waals surface area contributed by atoms with E-state index in [4.69, 9.17) is 57.1 Å². The maximum absolute atomic E-state index is 11.2. The topological polar surface area (TPSA) is 287 Å². The minimum Gasteiger partial charge on any atom is -0.394 e. The van der Waals surface area contributed by atoms with Gasteiger partial charge < -0.3 is 82.6 Å². The zero-order chi connectivity index (χ0) is 30.2. The Morgan fingerprint density at radius 2 is 1.37 bits per heavy atom. The van der Waals surface area contributed by atoms with Gasteiger partial charge in [-0.25, -0.2) is 0 Å². The van der Waals surface area contributed by atoms with Crippen molar-refractivity contribution in [2.45, 2.75) is 137 Å². The molecular formula is C25H49N5O11. The maximum atomic E-state index is 11.2. The average Bonchev–Trinajstić information content (AvgIpc) is 3.23. The van der Waals surface area contributed by atoms with Crippen LogP contribution in [-0.4, -0.2) is 143 Å². The molecule has 0 radical (unpaired) electrons. The molecule has 1 aliphatic carbocycles. The van der Waals surface area contributed by atoms with Gasteiger partial charge in [0, 0.05) is 30.6 Å². The van der Waals surface area contributed by atoms with E-state index in [-0.39, 0.29) is 25.1 Å². The lowest BCUT2D eigenvalue weighted by molar-refractivity contribution is -0.297. The van der Waals surface area contributed by atoms with E-state index >= 15 is 0 Å². The molecule has 1 saturated carbocycles. The van der Waals surface area contributed by atoms with Crippen molar-refractivity contribution in [1.29, 1.82) is 0 Å². The third-order valence-corrected chi connectivity index (χ3v) is 8.68. The van der Waals surface area contributed by atoms with Crippen molar-refractivity contribution >= 4 is 0 Å². The highest BCUT2D eigenvalue weighted by Crippen LogP contribution is 2.35. The monoisotopic (exact) mass is 595 g/mol. The summed E-state index contributed by atoms with van der Waals surface area (Å²) in [6, 6.07) is -2.17. The van der Waals surface area contributed by atoms with Crippen LogP contribution in [0.2, 0.25) is 0 Å². The summed E-state index contributed by atoms with van der Waals surface area (Å²) in [5, 5.41) is 52.8. The molecule has 18 atom stereocenters. The molecular weight excluding hydrogens is 546 g/mol. The molecule has 0 aromatic heterocycles. The van der Waals surface area contributed by atoms with Gasteiger partial charge in [-0.2, -0.15) is 0 Å². The van der Waals surface area contributed by atoms with Crippen molar-refractivity contribution < 1.29 is 54.0 Å². The number of hydrogen-bond donors (Lipinski definition) is 10. The summed E-state index contributed by atoms with van der Waals surface area (Å²) in [6.07, 6.45) is -12.5. The Kier molecular flexibility index (Phi) is 11.3. The summed E-state index contributed by atoms with van der Waals surface area (Å²) in [5.74, 6) is -0.701. The molecule has 3 heterocycles. The lowest BCUT2D eigenvalue weighted by Crippen LogP contribution is -2.65. The highest BCUT2D eigenvalue weighted by atomic mass is 16.8. The van der Waals surface area contributed by atoms with Gasteiger partial charge in [0.15, 0.2) is 18.9 Å². The number of aliphatic hydroxyl groups is 5. The van der Waals surface area contributed by atoms with Crippen molar-refractivity contribution in [3.05, 3.63) is 0 Å². The average molecular weight is 596 g/mol. The summed E-state index contributed by atoms with van der Waals surface area (Å²) in [6.45, 7) is 2.80. The van der Waals surface area contributed by atoms with Gasteiger partial charge in [-0.3, -0.25) is 0 Å². The normalized spacial score (nSPS) is 52.0. The van der Waals surface area contributed by atoms with Crippen LogP contribution >= 0.6 is 0 Å². The SMILES string of the molecule is C[C@H](N)[C@@H]1CC[C@@H](N)[C@@H](O[C@H]2[C@H](O[C@@H]3O[C@H](CO)[C@@H](OC4O[C@@H](CN)[C@@H](O)[C@H](O)[C@H]4C)[C@H]3O)[C@@H](O)[C@H](N)C[C@@H]2N)O1. The fourth-order valence-corrected chi connectivity index (χ4v) is 5.98. The Balaban J connectivity index is 1.48. The van der Waals surface area contributed by atoms with E-state index in [0.717, 1.165) is 0 Å². The second-order valence-corrected chi connectivity index (χ2v) is 11.8. The predicted octanol–water partition coefficient (Wildman–Crippen LogP) is -5.14. The first kappa shape index (κ1) is 33.3. The van der Waals surface area contributed by atoms with Gasteiger partial charge in [0.2, 0.25) is 0 Å². The van der Waals surface area contributed by atoms with Gasteiger partial charge in [-0.1, -0.05) is 6.92 Å². The molecule has 4 aliphatic rings. The molecule has 0 aromatic rings. The van der Waals surface area contributed by atoms with E-state index in [1.165, 1.54) is 0 Å². The second-order valence-electron chi connectivity index (χ2n) is 11.8. The largest absolute Gasteiger partial charge is 0.394 e. The van der Waals surface area contributed by atoms with Crippen molar-refractivity contribution in [3.8, 4) is 0 Å². The van der Waals surface area contributed by atoms with E-state index in [1.54, 1.807) is 6.92 Å². The second kappa shape index (κ2) is 14.0. The number of nitrogens with two attached hydrogens (primary N) is 5. The van der Waals surface area contributed by atoms with Gasteiger partial charge >= 0.3 is 0 Å². The smallest absolute Gasteiger partial charge is 0.187 e. The number of hydrogen-bond acceptors (Lipinski definition) is 16. The third kappa shape index (κ3) is 7.04. The Hall–Kier alpha value is -0.640. The maximum Gasteiger partial charge on any atom is 0.187 e. The standard InChI is InChI=1S/C25H49N5O11/c1-8-16(32)18(34)14(6-26)37-23(8)40-21-15(7-31)38-25(19(21)35)41-22-17(33)11(29)5-12(30)20(22)39-24-10(28)3-4-13(36-24)9(2)27/h8-25,31-35H,3-7,26-30H2,1-2H3/t8-,9+,10-,11-,12+,13+,14+,15-,16-,17+,18-,19-,20-,21-,22-,23?,24-,25+/m1/s1. The van der Waals surface area contributed by atoms with Crippen LogP contribution in [0.3, 0.4) is 0 Å². The van der Waals surface area contributed by atoms with Gasteiger partial charge in [-0.15, -0.1) is 0 Å². The number of rotatable bonds is 9. The van der Waals surface area contributed by atoms with Crippen molar-refractivity contribution in [3.63, 3.8) is 0 Å². The van der Waals surface area contributed by atoms with Crippen LogP contribution in [0.15, 0.2) is 0 Å². The van der Waals surface area contributed by atoms with E-state index in [9.17, 15) is 25.5 Å². The first-order valence-electron chi connectivity index (χ1n) is 14.4. The van der Waals surface area contributed by atoms with Crippen molar-refractivity contribution in [1.82, 2.24) is 0 Å². The summed E-state index contributed by atoms with van der Waals surface area (Å²) >= 11 is 0. The molecule has 16 nitrogen and oxygen atoms in total. The predicted molar refractivity (Wildman–Crippen MR) is 141 cm³/mol. The number of aliphatic hydroxyl groups excluding tert-OH is 5. The minimum absolute atomic E-state index is 0.0789. The van der Waals surface area contributed by atoms with Crippen LogP contribution in [0.25, 0.3) is 0 Å². The molecule has 4 fully saturated rings. The van der Waals surface area contributed by atoms with Crippen LogP contribution in [0.5, 0.6) is 0 Å². The van der Waals surface area contributed by atoms with Gasteiger partial charge in [-0.05, 0) is 26.2 Å². The van der Waals surface area contributed by atoms with E-state index in [2.05, 4.69) is 0 Å². The summed E-state index contributed by atoms with van der Waals surface area (Å²) in [5.41, 5.74) is 30.5. The van der Waals surface area contributed by atoms with Crippen LogP contribution in [0.1, 0.15) is 33.1 Å². The lowest BCUT2D eigenvalue weighted by atomic mass is 9.84. The molecule has 240 valence electrons. The van der Waals surface area contributed by atoms with Crippen LogP contribution in [0, 0.1) is 5.92 Å². The Labute approximate surface area is 239 Å². The Bertz CT molecular complexity index is 833. The Morgan fingerprint density at radius 1 is 0.732 bits per heavy atom. The quantitative estimate of drug-likeness (QED) is 0.119. The molecule has 0 spiro atoms. The fraction of sp³-hybridized carbons (Fsp3) is 1.00. The fourth-order valence-electron chi connectivity index (χ4n) is 5.98. The first-order chi connectivity index (χ1) is 19.4. The molecule has 4 rings (SSSR count). The highest BCUT2D eigenvalue weighted by Gasteiger charge is 2.53. The van der Waals surface area contributed by atoms with Gasteiger partial charge in [0.25, 0.3) is 0 Å². The lowest BCUT2D eigenvalue weighted by Gasteiger charge is -2.46. The third-order valence-electron chi connectivity index (χ3n) is 8.68. The van der Waals surface area contributed by atoms with E-state index in [0.29, 0.717) is 12.8 Å². The molecule has 0 aromatic carbocycles. The zero-order valence-corrected chi connectivity index (χ0v) is 23.5. The van der Waals surface area contributed by atoms with E-state index in [1.807, 2.05) is 6.92 Å². The zero-order valence-electron chi connectivity index (χ0n) is 23.5. The molecule has 3 aliphatic heterocycles. The first-order valence-corrected chi connectivity index (χ1v) is 14.4. The van der Waals surface area contributed by atoms with Crippen molar-refractivity contribution in [2.75, 3.05) is 13.2 Å².